The molecule has 0 saturated carbocycles. The van der Waals surface area contributed by atoms with E-state index in [1.54, 1.807) is 13.1 Å². The zero-order valence-electron chi connectivity index (χ0n) is 12.7. The van der Waals surface area contributed by atoms with Crippen molar-refractivity contribution in [3.05, 3.63) is 51.4 Å². The summed E-state index contributed by atoms with van der Waals surface area (Å²) < 4.78 is 19.4. The van der Waals surface area contributed by atoms with E-state index < -0.39 is 0 Å². The highest BCUT2D eigenvalue weighted by Gasteiger charge is 2.07. The van der Waals surface area contributed by atoms with Gasteiger partial charge in [0.1, 0.15) is 11.6 Å². The van der Waals surface area contributed by atoms with Crippen LogP contribution in [0.2, 0.25) is 0 Å². The van der Waals surface area contributed by atoms with Crippen LogP contribution in [-0.4, -0.2) is 18.0 Å². The zero-order valence-corrected chi connectivity index (χ0v) is 14.3. The van der Waals surface area contributed by atoms with Gasteiger partial charge in [-0.2, -0.15) is 0 Å². The van der Waals surface area contributed by atoms with E-state index in [4.69, 9.17) is 4.42 Å². The SMILES string of the molecule is CN=C(NCc1ccc(Br)c(F)c1)NCc1nc(C)c(C)o1. The Bertz CT molecular complexity index is 665. The number of nitrogens with zero attached hydrogens (tertiary/aromatic N) is 2. The molecule has 0 aliphatic heterocycles. The number of hydrogen-bond acceptors (Lipinski definition) is 3. The van der Waals surface area contributed by atoms with Gasteiger partial charge in [0, 0.05) is 13.6 Å². The molecule has 0 amide bonds. The lowest BCUT2D eigenvalue weighted by Crippen LogP contribution is -2.36. The Balaban J connectivity index is 1.88. The van der Waals surface area contributed by atoms with Gasteiger partial charge in [-0.05, 0) is 47.5 Å². The van der Waals surface area contributed by atoms with E-state index in [-0.39, 0.29) is 5.82 Å². The van der Waals surface area contributed by atoms with Gasteiger partial charge in [-0.3, -0.25) is 4.99 Å². The molecular formula is C15H18BrFN4O. The van der Waals surface area contributed by atoms with Gasteiger partial charge in [-0.1, -0.05) is 6.07 Å². The van der Waals surface area contributed by atoms with Crippen LogP contribution in [0.3, 0.4) is 0 Å². The fourth-order valence-electron chi connectivity index (χ4n) is 1.83. The number of rotatable bonds is 4. The van der Waals surface area contributed by atoms with Crippen LogP contribution >= 0.6 is 15.9 Å². The molecule has 0 bridgehead atoms. The molecule has 0 atom stereocenters. The first kappa shape index (κ1) is 16.5. The molecule has 7 heteroatoms. The van der Waals surface area contributed by atoms with Crippen LogP contribution in [0, 0.1) is 19.7 Å². The predicted octanol–water partition coefficient (Wildman–Crippen LogP) is 3.06. The standard InChI is InChI=1S/C15H18BrFN4O/c1-9-10(2)22-14(21-9)8-20-15(18-3)19-7-11-4-5-12(16)13(17)6-11/h4-6H,7-8H2,1-3H3,(H2,18,19,20). The lowest BCUT2D eigenvalue weighted by Gasteiger charge is -2.11. The van der Waals surface area contributed by atoms with E-state index >= 15 is 0 Å². The highest BCUT2D eigenvalue weighted by Crippen LogP contribution is 2.16. The van der Waals surface area contributed by atoms with Gasteiger partial charge in [0.15, 0.2) is 5.96 Å². The highest BCUT2D eigenvalue weighted by molar-refractivity contribution is 9.10. The van der Waals surface area contributed by atoms with E-state index in [0.717, 1.165) is 17.0 Å². The largest absolute Gasteiger partial charge is 0.444 e. The molecule has 1 aromatic carbocycles. The Morgan fingerprint density at radius 3 is 2.64 bits per heavy atom. The number of halogens is 2. The fraction of sp³-hybridized carbons (Fsp3) is 0.333. The molecule has 0 spiro atoms. The molecule has 0 saturated heterocycles. The summed E-state index contributed by atoms with van der Waals surface area (Å²) in [6, 6.07) is 5.00. The number of guanidine groups is 1. The average molecular weight is 369 g/mol. The van der Waals surface area contributed by atoms with Crippen LogP contribution in [0.15, 0.2) is 32.1 Å². The van der Waals surface area contributed by atoms with Crippen LogP contribution in [0.1, 0.15) is 22.9 Å². The molecule has 0 fully saturated rings. The third kappa shape index (κ3) is 4.30. The number of oxazole rings is 1. The van der Waals surface area contributed by atoms with Gasteiger partial charge < -0.3 is 15.1 Å². The second kappa shape index (κ2) is 7.40. The fourth-order valence-corrected chi connectivity index (χ4v) is 2.08. The topological polar surface area (TPSA) is 62.5 Å². The molecule has 118 valence electrons. The minimum absolute atomic E-state index is 0.284. The Kier molecular flexibility index (Phi) is 5.54. The van der Waals surface area contributed by atoms with Gasteiger partial charge in [0.2, 0.25) is 5.89 Å². The van der Waals surface area contributed by atoms with E-state index in [1.165, 1.54) is 6.07 Å². The van der Waals surface area contributed by atoms with Crippen molar-refractivity contribution in [3.63, 3.8) is 0 Å². The summed E-state index contributed by atoms with van der Waals surface area (Å²) in [5.41, 5.74) is 1.71. The molecule has 1 aromatic heterocycles. The predicted molar refractivity (Wildman–Crippen MR) is 87.1 cm³/mol. The second-order valence-electron chi connectivity index (χ2n) is 4.78. The van der Waals surface area contributed by atoms with Crippen LogP contribution in [0.25, 0.3) is 0 Å². The number of benzene rings is 1. The quantitative estimate of drug-likeness (QED) is 0.642. The van der Waals surface area contributed by atoms with Crippen molar-refractivity contribution in [2.75, 3.05) is 7.05 Å². The van der Waals surface area contributed by atoms with Gasteiger partial charge in [0.25, 0.3) is 0 Å². The van der Waals surface area contributed by atoms with Crippen molar-refractivity contribution >= 4 is 21.9 Å². The van der Waals surface area contributed by atoms with Gasteiger partial charge >= 0.3 is 0 Å². The van der Waals surface area contributed by atoms with E-state index in [2.05, 4.69) is 36.5 Å². The van der Waals surface area contributed by atoms with Crippen LogP contribution < -0.4 is 10.6 Å². The molecule has 0 radical (unpaired) electrons. The number of aromatic nitrogens is 1. The maximum Gasteiger partial charge on any atom is 0.214 e. The van der Waals surface area contributed by atoms with Crippen molar-refractivity contribution in [2.24, 2.45) is 4.99 Å². The normalized spacial score (nSPS) is 11.6. The van der Waals surface area contributed by atoms with Gasteiger partial charge in [-0.25, -0.2) is 9.37 Å². The lowest BCUT2D eigenvalue weighted by atomic mass is 10.2. The Hall–Kier alpha value is -1.89. The Morgan fingerprint density at radius 1 is 1.32 bits per heavy atom. The summed E-state index contributed by atoms with van der Waals surface area (Å²) in [5.74, 6) is 1.72. The summed E-state index contributed by atoms with van der Waals surface area (Å²) in [7, 11) is 1.67. The first-order chi connectivity index (χ1) is 10.5. The number of nitrogens with one attached hydrogen (secondary N) is 2. The summed E-state index contributed by atoms with van der Waals surface area (Å²) in [6.07, 6.45) is 0. The molecule has 2 aromatic rings. The number of aliphatic imine (C=N–C) groups is 1. The lowest BCUT2D eigenvalue weighted by molar-refractivity contribution is 0.463. The third-order valence-electron chi connectivity index (χ3n) is 3.15. The van der Waals surface area contributed by atoms with E-state index in [1.807, 2.05) is 19.9 Å². The monoisotopic (exact) mass is 368 g/mol. The first-order valence-electron chi connectivity index (χ1n) is 6.81. The van der Waals surface area contributed by atoms with E-state index in [0.29, 0.717) is 29.4 Å². The average Bonchev–Trinajstić information content (AvgIpc) is 2.81. The third-order valence-corrected chi connectivity index (χ3v) is 3.79. The Morgan fingerprint density at radius 2 is 2.05 bits per heavy atom. The molecule has 2 rings (SSSR count). The minimum Gasteiger partial charge on any atom is -0.444 e. The van der Waals surface area contributed by atoms with Crippen molar-refractivity contribution in [2.45, 2.75) is 26.9 Å². The smallest absolute Gasteiger partial charge is 0.214 e. The van der Waals surface area contributed by atoms with Crippen LogP contribution in [-0.2, 0) is 13.1 Å². The molecule has 0 aliphatic carbocycles. The highest BCUT2D eigenvalue weighted by atomic mass is 79.9. The summed E-state index contributed by atoms with van der Waals surface area (Å²) in [4.78, 5) is 8.40. The maximum absolute atomic E-state index is 13.5. The molecular weight excluding hydrogens is 351 g/mol. The van der Waals surface area contributed by atoms with Crippen molar-refractivity contribution in [1.82, 2.24) is 15.6 Å². The van der Waals surface area contributed by atoms with Crippen molar-refractivity contribution in [1.29, 1.82) is 0 Å². The van der Waals surface area contributed by atoms with Gasteiger partial charge in [0.05, 0.1) is 16.7 Å². The minimum atomic E-state index is -0.284. The summed E-state index contributed by atoms with van der Waals surface area (Å²) in [6.45, 7) is 4.68. The van der Waals surface area contributed by atoms with Gasteiger partial charge in [-0.15, -0.1) is 0 Å². The second-order valence-corrected chi connectivity index (χ2v) is 5.63. The molecule has 2 N–H and O–H groups in total. The summed E-state index contributed by atoms with van der Waals surface area (Å²) >= 11 is 3.13. The van der Waals surface area contributed by atoms with E-state index in [9.17, 15) is 4.39 Å². The number of hydrogen-bond donors (Lipinski definition) is 2. The molecule has 22 heavy (non-hydrogen) atoms. The van der Waals surface area contributed by atoms with Crippen molar-refractivity contribution < 1.29 is 8.81 Å². The maximum atomic E-state index is 13.5. The number of aryl methyl sites for hydroxylation is 2. The van der Waals surface area contributed by atoms with Crippen molar-refractivity contribution in [3.8, 4) is 0 Å². The molecule has 1 heterocycles. The molecule has 0 unspecified atom stereocenters. The zero-order chi connectivity index (χ0) is 16.1. The summed E-state index contributed by atoms with van der Waals surface area (Å²) in [5, 5.41) is 6.21. The molecule has 0 aliphatic rings. The molecule has 5 nitrogen and oxygen atoms in total. The van der Waals surface area contributed by atoms with Crippen LogP contribution in [0.4, 0.5) is 4.39 Å². The first-order valence-corrected chi connectivity index (χ1v) is 7.60. The Labute approximate surface area is 137 Å². The van der Waals surface area contributed by atoms with Crippen LogP contribution in [0.5, 0.6) is 0 Å².